The van der Waals surface area contributed by atoms with Crippen molar-refractivity contribution in [1.29, 1.82) is 0 Å². The van der Waals surface area contributed by atoms with Gasteiger partial charge in [0.2, 0.25) is 0 Å². The highest BCUT2D eigenvalue weighted by atomic mass is 79.9. The zero-order chi connectivity index (χ0) is 15.6. The number of anilines is 1. The summed E-state index contributed by atoms with van der Waals surface area (Å²) in [5.41, 5.74) is 0.565. The van der Waals surface area contributed by atoms with E-state index < -0.39 is 16.6 Å². The Morgan fingerprint density at radius 1 is 1.29 bits per heavy atom. The first-order valence-corrected chi connectivity index (χ1v) is 6.69. The van der Waals surface area contributed by atoms with Crippen molar-refractivity contribution in [1.82, 2.24) is 0 Å². The minimum absolute atomic E-state index is 0.0805. The smallest absolute Gasteiger partial charge is 0.293 e. The van der Waals surface area contributed by atoms with Gasteiger partial charge in [-0.2, -0.15) is 0 Å². The van der Waals surface area contributed by atoms with Crippen molar-refractivity contribution < 1.29 is 14.1 Å². The summed E-state index contributed by atoms with van der Waals surface area (Å²) in [5.74, 6) is -0.975. The second-order valence-electron chi connectivity index (χ2n) is 4.33. The summed E-state index contributed by atoms with van der Waals surface area (Å²) >= 11 is 3.14. The molecule has 0 aromatic heterocycles. The summed E-state index contributed by atoms with van der Waals surface area (Å²) in [4.78, 5) is 22.5. The highest BCUT2D eigenvalue weighted by Gasteiger charge is 2.18. The SMILES string of the molecule is Cc1cc(F)ccc1C(=O)Nc1ccc(Br)cc1[N+](=O)[O-]. The minimum atomic E-state index is -0.585. The molecule has 0 radical (unpaired) electrons. The maximum atomic E-state index is 13.0. The highest BCUT2D eigenvalue weighted by molar-refractivity contribution is 9.10. The monoisotopic (exact) mass is 352 g/mol. The van der Waals surface area contributed by atoms with Gasteiger partial charge in [-0.15, -0.1) is 0 Å². The molecule has 1 amide bonds. The van der Waals surface area contributed by atoms with Crippen LogP contribution in [0.3, 0.4) is 0 Å². The van der Waals surface area contributed by atoms with Crippen LogP contribution in [0.2, 0.25) is 0 Å². The number of aryl methyl sites for hydroxylation is 1. The molecule has 108 valence electrons. The van der Waals surface area contributed by atoms with Crippen molar-refractivity contribution in [3.63, 3.8) is 0 Å². The third-order valence-electron chi connectivity index (χ3n) is 2.84. The zero-order valence-electron chi connectivity index (χ0n) is 10.9. The van der Waals surface area contributed by atoms with E-state index in [0.29, 0.717) is 10.0 Å². The Morgan fingerprint density at radius 2 is 2.00 bits per heavy atom. The van der Waals surface area contributed by atoms with E-state index in [2.05, 4.69) is 21.2 Å². The van der Waals surface area contributed by atoms with Gasteiger partial charge in [-0.05, 0) is 42.8 Å². The average Bonchev–Trinajstić information content (AvgIpc) is 2.40. The molecule has 0 heterocycles. The van der Waals surface area contributed by atoms with Crippen LogP contribution >= 0.6 is 15.9 Å². The second-order valence-corrected chi connectivity index (χ2v) is 5.25. The average molecular weight is 353 g/mol. The van der Waals surface area contributed by atoms with E-state index in [1.165, 1.54) is 24.3 Å². The summed E-state index contributed by atoms with van der Waals surface area (Å²) < 4.78 is 13.6. The van der Waals surface area contributed by atoms with Gasteiger partial charge in [-0.3, -0.25) is 14.9 Å². The number of nitro benzene ring substituents is 1. The predicted octanol–water partition coefficient (Wildman–Crippen LogP) is 4.06. The van der Waals surface area contributed by atoms with Crippen LogP contribution in [0.1, 0.15) is 15.9 Å². The standard InChI is InChI=1S/C14H10BrFN2O3/c1-8-6-10(16)3-4-11(8)14(19)17-12-5-2-9(15)7-13(12)18(20)21/h2-7H,1H3,(H,17,19). The van der Waals surface area contributed by atoms with Crippen LogP contribution in [0.25, 0.3) is 0 Å². The lowest BCUT2D eigenvalue weighted by molar-refractivity contribution is -0.384. The third kappa shape index (κ3) is 3.43. The number of nitrogens with one attached hydrogen (secondary N) is 1. The number of hydrogen-bond acceptors (Lipinski definition) is 3. The van der Waals surface area contributed by atoms with Crippen molar-refractivity contribution in [2.45, 2.75) is 6.92 Å². The molecule has 0 fully saturated rings. The number of carbonyl (C=O) groups excluding carboxylic acids is 1. The lowest BCUT2D eigenvalue weighted by Crippen LogP contribution is -2.14. The topological polar surface area (TPSA) is 72.2 Å². The van der Waals surface area contributed by atoms with Gasteiger partial charge in [0, 0.05) is 16.1 Å². The van der Waals surface area contributed by atoms with Crippen molar-refractivity contribution in [3.8, 4) is 0 Å². The highest BCUT2D eigenvalue weighted by Crippen LogP contribution is 2.28. The Morgan fingerprint density at radius 3 is 2.62 bits per heavy atom. The molecule has 0 saturated heterocycles. The predicted molar refractivity (Wildman–Crippen MR) is 79.9 cm³/mol. The van der Waals surface area contributed by atoms with Gasteiger partial charge in [0.1, 0.15) is 11.5 Å². The molecule has 1 N–H and O–H groups in total. The van der Waals surface area contributed by atoms with Crippen molar-refractivity contribution in [2.75, 3.05) is 5.32 Å². The Labute approximate surface area is 128 Å². The van der Waals surface area contributed by atoms with Crippen LogP contribution in [0.15, 0.2) is 40.9 Å². The molecule has 7 heteroatoms. The molecule has 0 aliphatic rings. The molecule has 0 aliphatic carbocycles. The van der Waals surface area contributed by atoms with Gasteiger partial charge in [0.15, 0.2) is 0 Å². The first-order chi connectivity index (χ1) is 9.88. The first kappa shape index (κ1) is 15.1. The lowest BCUT2D eigenvalue weighted by Gasteiger charge is -2.08. The van der Waals surface area contributed by atoms with Gasteiger partial charge in [0.25, 0.3) is 11.6 Å². The van der Waals surface area contributed by atoms with Crippen LogP contribution in [0, 0.1) is 22.9 Å². The third-order valence-corrected chi connectivity index (χ3v) is 3.33. The maximum Gasteiger partial charge on any atom is 0.293 e. The number of benzene rings is 2. The number of hydrogen-bond donors (Lipinski definition) is 1. The fraction of sp³-hybridized carbons (Fsp3) is 0.0714. The number of rotatable bonds is 3. The van der Waals surface area contributed by atoms with E-state index in [1.54, 1.807) is 13.0 Å². The number of carbonyl (C=O) groups is 1. The number of nitro groups is 1. The number of amides is 1. The van der Waals surface area contributed by atoms with Gasteiger partial charge in [0.05, 0.1) is 4.92 Å². The number of nitrogens with zero attached hydrogens (tertiary/aromatic N) is 1. The fourth-order valence-electron chi connectivity index (χ4n) is 1.83. The summed E-state index contributed by atoms with van der Waals surface area (Å²) in [7, 11) is 0. The lowest BCUT2D eigenvalue weighted by atomic mass is 10.1. The fourth-order valence-corrected chi connectivity index (χ4v) is 2.18. The van der Waals surface area contributed by atoms with E-state index in [1.807, 2.05) is 0 Å². The van der Waals surface area contributed by atoms with Gasteiger partial charge >= 0.3 is 0 Å². The van der Waals surface area contributed by atoms with E-state index in [-0.39, 0.29) is 16.9 Å². The minimum Gasteiger partial charge on any atom is -0.316 e. The molecule has 2 aromatic rings. The Hall–Kier alpha value is -2.28. The molecule has 0 aliphatic heterocycles. The van der Waals surface area contributed by atoms with Gasteiger partial charge in [-0.1, -0.05) is 15.9 Å². The summed E-state index contributed by atoms with van der Waals surface area (Å²) in [6.45, 7) is 1.59. The quantitative estimate of drug-likeness (QED) is 0.668. The number of halogens is 2. The Balaban J connectivity index is 2.34. The first-order valence-electron chi connectivity index (χ1n) is 5.90. The van der Waals surface area contributed by atoms with Crippen LogP contribution in [-0.2, 0) is 0 Å². The van der Waals surface area contributed by atoms with Crippen molar-refractivity contribution in [3.05, 3.63) is 67.9 Å². The van der Waals surface area contributed by atoms with Gasteiger partial charge < -0.3 is 5.32 Å². The molecule has 5 nitrogen and oxygen atoms in total. The van der Waals surface area contributed by atoms with Crippen molar-refractivity contribution >= 4 is 33.2 Å². The summed E-state index contributed by atoms with van der Waals surface area (Å²) in [5, 5.41) is 13.5. The van der Waals surface area contributed by atoms with Crippen LogP contribution in [0.4, 0.5) is 15.8 Å². The molecule has 21 heavy (non-hydrogen) atoms. The Kier molecular flexibility index (Phi) is 4.32. The molecule has 0 atom stereocenters. The van der Waals surface area contributed by atoms with Gasteiger partial charge in [-0.25, -0.2) is 4.39 Å². The molecule has 0 bridgehead atoms. The Bertz CT molecular complexity index is 734. The van der Waals surface area contributed by atoms with E-state index in [9.17, 15) is 19.3 Å². The van der Waals surface area contributed by atoms with E-state index in [4.69, 9.17) is 0 Å². The molecule has 0 spiro atoms. The molecule has 2 aromatic carbocycles. The van der Waals surface area contributed by atoms with Crippen LogP contribution in [-0.4, -0.2) is 10.8 Å². The molecular formula is C14H10BrFN2O3. The molecular weight excluding hydrogens is 343 g/mol. The van der Waals surface area contributed by atoms with E-state index >= 15 is 0 Å². The molecule has 0 saturated carbocycles. The normalized spacial score (nSPS) is 10.2. The summed E-state index contributed by atoms with van der Waals surface area (Å²) in [6, 6.07) is 8.04. The zero-order valence-corrected chi connectivity index (χ0v) is 12.5. The maximum absolute atomic E-state index is 13.0. The van der Waals surface area contributed by atoms with E-state index in [0.717, 1.165) is 6.07 Å². The van der Waals surface area contributed by atoms with Crippen LogP contribution in [0.5, 0.6) is 0 Å². The second kappa shape index (κ2) is 6.01. The largest absolute Gasteiger partial charge is 0.316 e. The molecule has 2 rings (SSSR count). The molecule has 0 unspecified atom stereocenters. The summed E-state index contributed by atoms with van der Waals surface area (Å²) in [6.07, 6.45) is 0. The van der Waals surface area contributed by atoms with Crippen LogP contribution < -0.4 is 5.32 Å². The van der Waals surface area contributed by atoms with Crippen molar-refractivity contribution in [2.24, 2.45) is 0 Å².